The van der Waals surface area contributed by atoms with E-state index in [-0.39, 0.29) is 17.8 Å². The van der Waals surface area contributed by atoms with Gasteiger partial charge in [-0.1, -0.05) is 12.1 Å². The number of hydrogen-bond donors (Lipinski definition) is 0. The molecule has 1 aromatic heterocycles. The molecule has 0 atom stereocenters. The molecule has 0 radical (unpaired) electrons. The second-order valence-corrected chi connectivity index (χ2v) is 7.06. The Labute approximate surface area is 163 Å². The van der Waals surface area contributed by atoms with Crippen LogP contribution >= 0.6 is 0 Å². The second kappa shape index (κ2) is 7.84. The molecule has 0 N–H and O–H groups in total. The lowest BCUT2D eigenvalue weighted by molar-refractivity contribution is 0.0730. The normalized spacial score (nSPS) is 13.4. The molecule has 1 saturated carbocycles. The van der Waals surface area contributed by atoms with E-state index in [1.54, 1.807) is 42.6 Å². The van der Waals surface area contributed by atoms with Crippen molar-refractivity contribution in [2.45, 2.75) is 32.0 Å². The molecule has 1 amide bonds. The van der Waals surface area contributed by atoms with Crippen molar-refractivity contribution in [2.75, 3.05) is 0 Å². The highest BCUT2D eigenvalue weighted by atomic mass is 19.1. The molecule has 1 fully saturated rings. The minimum Gasteiger partial charge on any atom is -0.486 e. The summed E-state index contributed by atoms with van der Waals surface area (Å²) >= 11 is 0. The van der Waals surface area contributed by atoms with E-state index in [1.165, 1.54) is 12.1 Å². The van der Waals surface area contributed by atoms with Crippen molar-refractivity contribution >= 4 is 5.91 Å². The van der Waals surface area contributed by atoms with Gasteiger partial charge < -0.3 is 14.2 Å². The summed E-state index contributed by atoms with van der Waals surface area (Å²) in [6, 6.07) is 13.8. The Morgan fingerprint density at radius 3 is 2.50 bits per heavy atom. The molecule has 0 unspecified atom stereocenters. The second-order valence-electron chi connectivity index (χ2n) is 7.06. The molecule has 1 aliphatic carbocycles. The Kier molecular flexibility index (Phi) is 5.10. The number of carbonyl (C=O) groups is 1. The third kappa shape index (κ3) is 4.22. The number of amides is 1. The summed E-state index contributed by atoms with van der Waals surface area (Å²) in [5, 5.41) is 0. The van der Waals surface area contributed by atoms with Crippen LogP contribution in [0.15, 0.2) is 60.9 Å². The maximum atomic E-state index is 13.1. The van der Waals surface area contributed by atoms with Gasteiger partial charge in [0.2, 0.25) is 0 Å². The van der Waals surface area contributed by atoms with E-state index in [9.17, 15) is 9.18 Å². The lowest BCUT2D eigenvalue weighted by Crippen LogP contribution is -2.32. The van der Waals surface area contributed by atoms with Crippen LogP contribution in [-0.4, -0.2) is 26.4 Å². The van der Waals surface area contributed by atoms with Gasteiger partial charge in [0.25, 0.3) is 5.91 Å². The van der Waals surface area contributed by atoms with Crippen LogP contribution in [-0.2, 0) is 20.2 Å². The van der Waals surface area contributed by atoms with Crippen molar-refractivity contribution in [1.29, 1.82) is 0 Å². The molecule has 28 heavy (non-hydrogen) atoms. The zero-order valence-corrected chi connectivity index (χ0v) is 15.7. The summed E-state index contributed by atoms with van der Waals surface area (Å²) in [6.07, 6.45) is 5.62. The predicted molar refractivity (Wildman–Crippen MR) is 103 cm³/mol. The summed E-state index contributed by atoms with van der Waals surface area (Å²) < 4.78 is 20.8. The topological polar surface area (TPSA) is 47.4 Å². The average Bonchev–Trinajstić information content (AvgIpc) is 3.47. The summed E-state index contributed by atoms with van der Waals surface area (Å²) in [5.41, 5.74) is 1.55. The van der Waals surface area contributed by atoms with Gasteiger partial charge in [0.1, 0.15) is 24.0 Å². The van der Waals surface area contributed by atoms with E-state index >= 15 is 0 Å². The van der Waals surface area contributed by atoms with Crippen molar-refractivity contribution in [1.82, 2.24) is 14.5 Å². The van der Waals surface area contributed by atoms with Gasteiger partial charge in [-0.3, -0.25) is 4.79 Å². The molecule has 1 aliphatic rings. The molecule has 4 rings (SSSR count). The first-order valence-corrected chi connectivity index (χ1v) is 9.34. The standard InChI is InChI=1S/C22H22FN3O2/c1-25-13-12-24-21(25)15-28-20-10-4-17(5-11-20)22(27)26(19-8-9-19)14-16-2-6-18(23)7-3-16/h2-7,10-13,19H,8-9,14-15H2,1H3. The number of carbonyl (C=O) groups excluding carboxylic acids is 1. The molecule has 0 bridgehead atoms. The summed E-state index contributed by atoms with van der Waals surface area (Å²) in [5.74, 6) is 1.24. The molecular weight excluding hydrogens is 357 g/mol. The third-order valence-electron chi connectivity index (χ3n) is 4.90. The van der Waals surface area contributed by atoms with Crippen LogP contribution in [0.3, 0.4) is 0 Å². The summed E-state index contributed by atoms with van der Waals surface area (Å²) in [7, 11) is 1.92. The fourth-order valence-electron chi connectivity index (χ4n) is 3.08. The Balaban J connectivity index is 1.42. The molecule has 144 valence electrons. The molecule has 6 heteroatoms. The van der Waals surface area contributed by atoms with Gasteiger partial charge in [0.15, 0.2) is 0 Å². The molecule has 1 heterocycles. The largest absolute Gasteiger partial charge is 0.486 e. The zero-order chi connectivity index (χ0) is 19.5. The summed E-state index contributed by atoms with van der Waals surface area (Å²) in [6.45, 7) is 0.858. The lowest BCUT2D eigenvalue weighted by atomic mass is 10.1. The van der Waals surface area contributed by atoms with Crippen molar-refractivity contribution in [3.8, 4) is 5.75 Å². The first-order chi connectivity index (χ1) is 13.6. The van der Waals surface area contributed by atoms with Gasteiger partial charge in [0, 0.05) is 37.6 Å². The van der Waals surface area contributed by atoms with Gasteiger partial charge in [-0.15, -0.1) is 0 Å². The molecule has 3 aromatic rings. The molecule has 0 aliphatic heterocycles. The zero-order valence-electron chi connectivity index (χ0n) is 15.7. The van der Waals surface area contributed by atoms with Crippen LogP contribution in [0, 0.1) is 5.82 Å². The first-order valence-electron chi connectivity index (χ1n) is 9.34. The predicted octanol–water partition coefficient (Wildman–Crippen LogP) is 3.94. The number of ether oxygens (including phenoxy) is 1. The van der Waals surface area contributed by atoms with Gasteiger partial charge in [-0.05, 0) is 54.8 Å². The number of aryl methyl sites for hydroxylation is 1. The van der Waals surface area contributed by atoms with E-state index in [0.717, 1.165) is 24.2 Å². The third-order valence-corrected chi connectivity index (χ3v) is 4.90. The number of halogens is 1. The Bertz CT molecular complexity index is 947. The number of hydrogen-bond acceptors (Lipinski definition) is 3. The molecule has 0 saturated heterocycles. The molecular formula is C22H22FN3O2. The fraction of sp³-hybridized carbons (Fsp3) is 0.273. The van der Waals surface area contributed by atoms with E-state index in [4.69, 9.17) is 4.74 Å². The number of imidazole rings is 1. The van der Waals surface area contributed by atoms with E-state index in [1.807, 2.05) is 22.7 Å². The minimum atomic E-state index is -0.269. The number of benzene rings is 2. The van der Waals surface area contributed by atoms with Crippen molar-refractivity contribution in [3.05, 3.63) is 83.7 Å². The SMILES string of the molecule is Cn1ccnc1COc1ccc(C(=O)N(Cc2ccc(F)cc2)C2CC2)cc1. The van der Waals surface area contributed by atoms with E-state index in [2.05, 4.69) is 4.98 Å². The van der Waals surface area contributed by atoms with Crippen LogP contribution < -0.4 is 4.74 Å². The Hall–Kier alpha value is -3.15. The maximum Gasteiger partial charge on any atom is 0.254 e. The smallest absolute Gasteiger partial charge is 0.254 e. The minimum absolute atomic E-state index is 0.0116. The van der Waals surface area contributed by atoms with Crippen LogP contribution in [0.1, 0.15) is 34.6 Å². The highest BCUT2D eigenvalue weighted by Gasteiger charge is 2.33. The number of aromatic nitrogens is 2. The lowest BCUT2D eigenvalue weighted by Gasteiger charge is -2.23. The Morgan fingerprint density at radius 2 is 1.89 bits per heavy atom. The van der Waals surface area contributed by atoms with Crippen LogP contribution in [0.25, 0.3) is 0 Å². The average molecular weight is 379 g/mol. The number of nitrogens with zero attached hydrogens (tertiary/aromatic N) is 3. The highest BCUT2D eigenvalue weighted by molar-refractivity contribution is 5.94. The van der Waals surface area contributed by atoms with Crippen molar-refractivity contribution in [3.63, 3.8) is 0 Å². The van der Waals surface area contributed by atoms with Gasteiger partial charge in [-0.2, -0.15) is 0 Å². The van der Waals surface area contributed by atoms with Crippen LogP contribution in [0.4, 0.5) is 4.39 Å². The van der Waals surface area contributed by atoms with Crippen LogP contribution in [0.2, 0.25) is 0 Å². The first kappa shape index (κ1) is 18.2. The van der Waals surface area contributed by atoms with E-state index in [0.29, 0.717) is 24.5 Å². The van der Waals surface area contributed by atoms with Gasteiger partial charge >= 0.3 is 0 Å². The number of rotatable bonds is 7. The van der Waals surface area contributed by atoms with Crippen molar-refractivity contribution < 1.29 is 13.9 Å². The molecule has 5 nitrogen and oxygen atoms in total. The quantitative estimate of drug-likeness (QED) is 0.625. The Morgan fingerprint density at radius 1 is 1.18 bits per heavy atom. The van der Waals surface area contributed by atoms with Crippen LogP contribution in [0.5, 0.6) is 5.75 Å². The highest BCUT2D eigenvalue weighted by Crippen LogP contribution is 2.30. The molecule has 2 aromatic carbocycles. The van der Waals surface area contributed by atoms with Crippen molar-refractivity contribution in [2.24, 2.45) is 7.05 Å². The maximum absolute atomic E-state index is 13.1. The fourth-order valence-corrected chi connectivity index (χ4v) is 3.08. The van der Waals surface area contributed by atoms with E-state index < -0.39 is 0 Å². The van der Waals surface area contributed by atoms with Gasteiger partial charge in [0.05, 0.1) is 0 Å². The molecule has 0 spiro atoms. The van der Waals surface area contributed by atoms with Gasteiger partial charge in [-0.25, -0.2) is 9.37 Å². The monoisotopic (exact) mass is 379 g/mol. The summed E-state index contributed by atoms with van der Waals surface area (Å²) in [4.78, 5) is 19.1.